The van der Waals surface area contributed by atoms with Crippen molar-refractivity contribution in [3.63, 3.8) is 0 Å². The summed E-state index contributed by atoms with van der Waals surface area (Å²) in [4.78, 5) is 0. The molecule has 1 heterocycles. The minimum atomic E-state index is -0.979. The highest BCUT2D eigenvalue weighted by molar-refractivity contribution is 6.30. The van der Waals surface area contributed by atoms with E-state index in [0.717, 1.165) is 29.1 Å². The summed E-state index contributed by atoms with van der Waals surface area (Å²) in [6.45, 7) is 3.86. The molecule has 2 aromatic carbocycles. The van der Waals surface area contributed by atoms with Gasteiger partial charge < -0.3 is 9.84 Å². The van der Waals surface area contributed by atoms with Crippen molar-refractivity contribution in [2.24, 2.45) is 0 Å². The van der Waals surface area contributed by atoms with Crippen LogP contribution in [0.1, 0.15) is 32.4 Å². The predicted molar refractivity (Wildman–Crippen MR) is 105 cm³/mol. The van der Waals surface area contributed by atoms with Gasteiger partial charge in [-0.2, -0.15) is 5.10 Å². The number of halogens is 1. The number of aliphatic hydroxyl groups is 1. The zero-order valence-corrected chi connectivity index (χ0v) is 16.0. The van der Waals surface area contributed by atoms with Gasteiger partial charge >= 0.3 is 0 Å². The fourth-order valence-corrected chi connectivity index (χ4v) is 3.13. The summed E-state index contributed by atoms with van der Waals surface area (Å²) in [6, 6.07) is 17.3. The average Bonchev–Trinajstić information content (AvgIpc) is 3.09. The third-order valence-corrected chi connectivity index (χ3v) is 4.71. The van der Waals surface area contributed by atoms with Gasteiger partial charge in [-0.1, -0.05) is 24.9 Å². The van der Waals surface area contributed by atoms with Gasteiger partial charge in [-0.15, -0.1) is 0 Å². The molecule has 26 heavy (non-hydrogen) atoms. The van der Waals surface area contributed by atoms with Crippen LogP contribution in [0.5, 0.6) is 5.75 Å². The van der Waals surface area contributed by atoms with Crippen molar-refractivity contribution in [3.05, 3.63) is 65.3 Å². The van der Waals surface area contributed by atoms with Crippen LogP contribution in [0.3, 0.4) is 0 Å². The lowest BCUT2D eigenvalue weighted by Crippen LogP contribution is -2.21. The number of benzene rings is 2. The molecule has 0 aliphatic carbocycles. The molecule has 1 aromatic heterocycles. The Morgan fingerprint density at radius 3 is 2.35 bits per heavy atom. The maximum Gasteiger partial charge on any atom is 0.118 e. The Morgan fingerprint density at radius 1 is 1.12 bits per heavy atom. The van der Waals surface area contributed by atoms with Crippen LogP contribution in [0.4, 0.5) is 0 Å². The number of aromatic nitrogens is 2. The normalized spacial score (nSPS) is 13.4. The molecule has 0 aliphatic heterocycles. The van der Waals surface area contributed by atoms with Crippen LogP contribution < -0.4 is 4.74 Å². The molecular formula is C21H23ClN2O2. The average molecular weight is 371 g/mol. The summed E-state index contributed by atoms with van der Waals surface area (Å²) in [6.07, 6.45) is 1.52. The number of rotatable bonds is 6. The van der Waals surface area contributed by atoms with Crippen LogP contribution >= 0.6 is 11.6 Å². The second-order valence-corrected chi connectivity index (χ2v) is 6.99. The van der Waals surface area contributed by atoms with Crippen LogP contribution in [0.2, 0.25) is 5.02 Å². The first kappa shape index (κ1) is 18.5. The standard InChI is InChI=1S/C21H23ClN2O2/c1-4-13-21(2,25)20-14-19(15-5-11-18(26-3)12-6-15)24(23-20)17-9-7-16(22)8-10-17/h5-12,14,25H,4,13H2,1-3H3. The fraction of sp³-hybridized carbons (Fsp3) is 0.286. The Hall–Kier alpha value is -2.30. The number of nitrogens with zero attached hydrogens (tertiary/aromatic N) is 2. The van der Waals surface area contributed by atoms with Gasteiger partial charge in [-0.3, -0.25) is 0 Å². The van der Waals surface area contributed by atoms with Crippen LogP contribution in [-0.4, -0.2) is 22.0 Å². The highest BCUT2D eigenvalue weighted by Crippen LogP contribution is 2.32. The van der Waals surface area contributed by atoms with Gasteiger partial charge in [0.05, 0.1) is 24.2 Å². The van der Waals surface area contributed by atoms with Gasteiger partial charge in [0, 0.05) is 10.6 Å². The first-order chi connectivity index (χ1) is 12.4. The molecule has 0 spiro atoms. The molecule has 0 radical (unpaired) electrons. The molecule has 0 saturated heterocycles. The van der Waals surface area contributed by atoms with Crippen molar-refractivity contribution in [1.29, 1.82) is 0 Å². The summed E-state index contributed by atoms with van der Waals surface area (Å²) in [5.41, 5.74) is 2.46. The lowest BCUT2D eigenvalue weighted by Gasteiger charge is -2.19. The molecule has 3 rings (SSSR count). The molecule has 0 aliphatic rings. The van der Waals surface area contributed by atoms with E-state index < -0.39 is 5.60 Å². The Morgan fingerprint density at radius 2 is 1.77 bits per heavy atom. The first-order valence-electron chi connectivity index (χ1n) is 8.68. The molecule has 136 valence electrons. The molecule has 0 fully saturated rings. The van der Waals surface area contributed by atoms with Crippen LogP contribution in [0, 0.1) is 0 Å². The zero-order chi connectivity index (χ0) is 18.7. The summed E-state index contributed by atoms with van der Waals surface area (Å²) in [5.74, 6) is 0.796. The van der Waals surface area contributed by atoms with Gasteiger partial charge in [0.2, 0.25) is 0 Å². The topological polar surface area (TPSA) is 47.3 Å². The second-order valence-electron chi connectivity index (χ2n) is 6.56. The third-order valence-electron chi connectivity index (χ3n) is 4.45. The van der Waals surface area contributed by atoms with Gasteiger partial charge in [0.25, 0.3) is 0 Å². The van der Waals surface area contributed by atoms with E-state index in [9.17, 15) is 5.11 Å². The summed E-state index contributed by atoms with van der Waals surface area (Å²) in [5, 5.41) is 16.2. The fourth-order valence-electron chi connectivity index (χ4n) is 3.01. The minimum absolute atomic E-state index is 0.646. The Balaban J connectivity index is 2.13. The van der Waals surface area contributed by atoms with Crippen LogP contribution in [0.15, 0.2) is 54.6 Å². The van der Waals surface area contributed by atoms with Gasteiger partial charge in [-0.05, 0) is 67.9 Å². The smallest absolute Gasteiger partial charge is 0.118 e. The lowest BCUT2D eigenvalue weighted by atomic mass is 9.96. The van der Waals surface area contributed by atoms with E-state index in [1.54, 1.807) is 7.11 Å². The van der Waals surface area contributed by atoms with E-state index in [-0.39, 0.29) is 0 Å². The molecular weight excluding hydrogens is 348 g/mol. The van der Waals surface area contributed by atoms with E-state index >= 15 is 0 Å². The number of methoxy groups -OCH3 is 1. The minimum Gasteiger partial charge on any atom is -0.497 e. The lowest BCUT2D eigenvalue weighted by molar-refractivity contribution is 0.0421. The highest BCUT2D eigenvalue weighted by Gasteiger charge is 2.27. The van der Waals surface area contributed by atoms with Crippen molar-refractivity contribution < 1.29 is 9.84 Å². The van der Waals surface area contributed by atoms with E-state index in [1.807, 2.05) is 66.2 Å². The van der Waals surface area contributed by atoms with Crippen molar-refractivity contribution >= 4 is 11.6 Å². The van der Waals surface area contributed by atoms with Crippen LogP contribution in [-0.2, 0) is 5.60 Å². The van der Waals surface area contributed by atoms with E-state index in [1.165, 1.54) is 0 Å². The van der Waals surface area contributed by atoms with Crippen molar-refractivity contribution in [2.75, 3.05) is 7.11 Å². The predicted octanol–water partition coefficient (Wildman–Crippen LogP) is 5.21. The van der Waals surface area contributed by atoms with Crippen LogP contribution in [0.25, 0.3) is 16.9 Å². The quantitative estimate of drug-likeness (QED) is 0.648. The van der Waals surface area contributed by atoms with Crippen molar-refractivity contribution in [2.45, 2.75) is 32.3 Å². The summed E-state index contributed by atoms with van der Waals surface area (Å²) < 4.78 is 7.09. The van der Waals surface area contributed by atoms with E-state index in [4.69, 9.17) is 21.4 Å². The molecule has 5 heteroatoms. The molecule has 4 nitrogen and oxygen atoms in total. The second kappa shape index (κ2) is 7.52. The van der Waals surface area contributed by atoms with Gasteiger partial charge in [0.1, 0.15) is 11.4 Å². The first-order valence-corrected chi connectivity index (χ1v) is 9.05. The number of hydrogen-bond acceptors (Lipinski definition) is 3. The van der Waals surface area contributed by atoms with E-state index in [2.05, 4.69) is 6.92 Å². The molecule has 0 bridgehead atoms. The van der Waals surface area contributed by atoms with Crippen molar-refractivity contribution in [1.82, 2.24) is 9.78 Å². The maximum atomic E-state index is 10.8. The summed E-state index contributed by atoms with van der Waals surface area (Å²) in [7, 11) is 1.65. The largest absolute Gasteiger partial charge is 0.497 e. The van der Waals surface area contributed by atoms with Gasteiger partial charge in [0.15, 0.2) is 0 Å². The molecule has 1 atom stereocenters. The number of ether oxygens (including phenoxy) is 1. The summed E-state index contributed by atoms with van der Waals surface area (Å²) >= 11 is 6.02. The Kier molecular flexibility index (Phi) is 5.35. The molecule has 1 unspecified atom stereocenters. The SMILES string of the molecule is CCCC(C)(O)c1cc(-c2ccc(OC)cc2)n(-c2ccc(Cl)cc2)n1. The molecule has 3 aromatic rings. The van der Waals surface area contributed by atoms with Gasteiger partial charge in [-0.25, -0.2) is 4.68 Å². The maximum absolute atomic E-state index is 10.8. The molecule has 0 saturated carbocycles. The zero-order valence-electron chi connectivity index (χ0n) is 15.2. The number of hydrogen-bond donors (Lipinski definition) is 1. The van der Waals surface area contributed by atoms with Crippen molar-refractivity contribution in [3.8, 4) is 22.7 Å². The van der Waals surface area contributed by atoms with E-state index in [0.29, 0.717) is 17.1 Å². The monoisotopic (exact) mass is 370 g/mol. The Bertz CT molecular complexity index is 868. The third kappa shape index (κ3) is 3.76. The highest BCUT2D eigenvalue weighted by atomic mass is 35.5. The Labute approximate surface area is 159 Å². The molecule has 1 N–H and O–H groups in total. The molecule has 0 amide bonds.